The van der Waals surface area contributed by atoms with E-state index in [0.29, 0.717) is 0 Å². The maximum Gasteiger partial charge on any atom is 0.0157 e. The molecule has 0 aromatic carbocycles. The van der Waals surface area contributed by atoms with Crippen molar-refractivity contribution >= 4 is 0 Å². The molecule has 8 heavy (non-hydrogen) atoms. The zero-order chi connectivity index (χ0) is 6.41. The van der Waals surface area contributed by atoms with Crippen LogP contribution in [0.15, 0.2) is 12.7 Å². The Kier molecular flexibility index (Phi) is 4.67. The van der Waals surface area contributed by atoms with Crippen LogP contribution in [0, 0.1) is 6.92 Å². The molecule has 0 saturated heterocycles. The van der Waals surface area contributed by atoms with Crippen molar-refractivity contribution in [3.05, 3.63) is 19.6 Å². The minimum Gasteiger partial charge on any atom is -0.303 e. The van der Waals surface area contributed by atoms with Crippen molar-refractivity contribution < 1.29 is 0 Å². The SMILES string of the molecule is [CH2]CCN(C)CC=C. The second kappa shape index (κ2) is 4.85. The summed E-state index contributed by atoms with van der Waals surface area (Å²) in [7, 11) is 2.06. The van der Waals surface area contributed by atoms with E-state index in [9.17, 15) is 0 Å². The first kappa shape index (κ1) is 7.70. The monoisotopic (exact) mass is 112 g/mol. The average molecular weight is 112 g/mol. The van der Waals surface area contributed by atoms with Gasteiger partial charge in [0.25, 0.3) is 0 Å². The predicted molar refractivity (Wildman–Crippen MR) is 37.7 cm³/mol. The van der Waals surface area contributed by atoms with E-state index in [4.69, 9.17) is 0 Å². The fourth-order valence-corrected chi connectivity index (χ4v) is 0.582. The smallest absolute Gasteiger partial charge is 0.0157 e. The average Bonchev–Trinajstić information content (AvgIpc) is 1.68. The Morgan fingerprint density at radius 2 is 2.25 bits per heavy atom. The Hall–Kier alpha value is -0.300. The minimum absolute atomic E-state index is 0.968. The maximum atomic E-state index is 3.73. The Bertz CT molecular complexity index is 59.4. The van der Waals surface area contributed by atoms with Gasteiger partial charge in [0.1, 0.15) is 0 Å². The molecule has 0 aliphatic carbocycles. The summed E-state index contributed by atoms with van der Waals surface area (Å²) in [6.07, 6.45) is 2.88. The van der Waals surface area contributed by atoms with Crippen molar-refractivity contribution in [3.8, 4) is 0 Å². The Morgan fingerprint density at radius 3 is 2.62 bits per heavy atom. The van der Waals surface area contributed by atoms with E-state index in [0.717, 1.165) is 19.5 Å². The van der Waals surface area contributed by atoms with Gasteiger partial charge in [0, 0.05) is 6.54 Å². The van der Waals surface area contributed by atoms with Gasteiger partial charge in [-0.1, -0.05) is 13.0 Å². The van der Waals surface area contributed by atoms with Crippen molar-refractivity contribution in [1.82, 2.24) is 4.90 Å². The molecule has 0 N–H and O–H groups in total. The van der Waals surface area contributed by atoms with Crippen LogP contribution in [0.2, 0.25) is 0 Å². The van der Waals surface area contributed by atoms with Crippen molar-refractivity contribution in [1.29, 1.82) is 0 Å². The molecule has 0 aliphatic rings. The molecule has 0 rings (SSSR count). The van der Waals surface area contributed by atoms with Gasteiger partial charge in [-0.3, -0.25) is 0 Å². The van der Waals surface area contributed by atoms with Gasteiger partial charge in [-0.05, 0) is 20.0 Å². The van der Waals surface area contributed by atoms with Gasteiger partial charge in [0.05, 0.1) is 0 Å². The highest BCUT2D eigenvalue weighted by Crippen LogP contribution is 1.83. The Morgan fingerprint density at radius 1 is 1.62 bits per heavy atom. The van der Waals surface area contributed by atoms with Gasteiger partial charge in [-0.25, -0.2) is 0 Å². The number of likely N-dealkylation sites (N-methyl/N-ethyl adjacent to an activating group) is 1. The molecule has 1 heteroatoms. The first-order valence-electron chi connectivity index (χ1n) is 2.90. The fourth-order valence-electron chi connectivity index (χ4n) is 0.582. The molecule has 0 spiro atoms. The summed E-state index contributed by atoms with van der Waals surface area (Å²) in [5, 5.41) is 0. The zero-order valence-corrected chi connectivity index (χ0v) is 5.56. The summed E-state index contributed by atoms with van der Waals surface area (Å²) in [5.41, 5.74) is 0. The topological polar surface area (TPSA) is 3.24 Å². The quantitative estimate of drug-likeness (QED) is 0.496. The molecule has 0 aromatic heterocycles. The van der Waals surface area contributed by atoms with Crippen LogP contribution in [0.5, 0.6) is 0 Å². The van der Waals surface area contributed by atoms with Gasteiger partial charge >= 0.3 is 0 Å². The van der Waals surface area contributed by atoms with Gasteiger partial charge in [-0.15, -0.1) is 6.58 Å². The lowest BCUT2D eigenvalue weighted by Crippen LogP contribution is -2.18. The standard InChI is InChI=1S/C7H14N/c1-4-6-8(3)7-5-2/h4H,1-2,5-7H2,3H3. The zero-order valence-electron chi connectivity index (χ0n) is 5.56. The molecular weight excluding hydrogens is 98.1 g/mol. The molecule has 0 heterocycles. The van der Waals surface area contributed by atoms with Crippen LogP contribution in [-0.2, 0) is 0 Å². The van der Waals surface area contributed by atoms with Crippen LogP contribution < -0.4 is 0 Å². The highest BCUT2D eigenvalue weighted by atomic mass is 15.1. The van der Waals surface area contributed by atoms with Crippen LogP contribution in [0.4, 0.5) is 0 Å². The third-order valence-corrected chi connectivity index (χ3v) is 0.981. The van der Waals surface area contributed by atoms with E-state index < -0.39 is 0 Å². The minimum atomic E-state index is 0.968. The first-order chi connectivity index (χ1) is 3.81. The van der Waals surface area contributed by atoms with E-state index in [1.54, 1.807) is 0 Å². The molecule has 1 radical (unpaired) electrons. The van der Waals surface area contributed by atoms with E-state index in [1.165, 1.54) is 0 Å². The molecule has 0 fully saturated rings. The van der Waals surface area contributed by atoms with Gasteiger partial charge in [-0.2, -0.15) is 0 Å². The van der Waals surface area contributed by atoms with Crippen molar-refractivity contribution in [3.63, 3.8) is 0 Å². The molecule has 0 atom stereocenters. The summed E-state index contributed by atoms with van der Waals surface area (Å²) in [4.78, 5) is 2.18. The maximum absolute atomic E-state index is 3.73. The van der Waals surface area contributed by atoms with E-state index in [1.807, 2.05) is 6.08 Å². The van der Waals surface area contributed by atoms with Crippen LogP contribution in [-0.4, -0.2) is 25.0 Å². The molecule has 0 unspecified atom stereocenters. The van der Waals surface area contributed by atoms with Crippen LogP contribution in [0.3, 0.4) is 0 Å². The highest BCUT2D eigenvalue weighted by Gasteiger charge is 1.88. The lowest BCUT2D eigenvalue weighted by Gasteiger charge is -2.10. The van der Waals surface area contributed by atoms with Crippen molar-refractivity contribution in [2.24, 2.45) is 0 Å². The van der Waals surface area contributed by atoms with E-state index in [2.05, 4.69) is 25.5 Å². The number of rotatable bonds is 4. The summed E-state index contributed by atoms with van der Waals surface area (Å²) in [6, 6.07) is 0. The molecule has 0 bridgehead atoms. The van der Waals surface area contributed by atoms with Crippen molar-refractivity contribution in [2.75, 3.05) is 20.1 Å². The van der Waals surface area contributed by atoms with E-state index >= 15 is 0 Å². The first-order valence-corrected chi connectivity index (χ1v) is 2.90. The number of nitrogens with zero attached hydrogens (tertiary/aromatic N) is 1. The molecule has 0 saturated carbocycles. The molecule has 0 amide bonds. The van der Waals surface area contributed by atoms with Gasteiger partial charge in [0.15, 0.2) is 0 Å². The Labute approximate surface area is 52.0 Å². The number of hydrogen-bond donors (Lipinski definition) is 0. The second-order valence-electron chi connectivity index (χ2n) is 1.90. The normalized spacial score (nSPS) is 9.88. The van der Waals surface area contributed by atoms with Gasteiger partial charge in [0.2, 0.25) is 0 Å². The molecule has 47 valence electrons. The third-order valence-electron chi connectivity index (χ3n) is 0.981. The lowest BCUT2D eigenvalue weighted by molar-refractivity contribution is 0.378. The van der Waals surface area contributed by atoms with Crippen LogP contribution >= 0.6 is 0 Å². The van der Waals surface area contributed by atoms with Gasteiger partial charge < -0.3 is 4.90 Å². The molecule has 0 aliphatic heterocycles. The second-order valence-corrected chi connectivity index (χ2v) is 1.90. The van der Waals surface area contributed by atoms with Crippen LogP contribution in [0.25, 0.3) is 0 Å². The Balaban J connectivity index is 3.03. The van der Waals surface area contributed by atoms with E-state index in [-0.39, 0.29) is 0 Å². The number of hydrogen-bond acceptors (Lipinski definition) is 1. The molecule has 0 aromatic rings. The molecular formula is C7H14N. The predicted octanol–water partition coefficient (Wildman–Crippen LogP) is 1.33. The summed E-state index contributed by atoms with van der Waals surface area (Å²) >= 11 is 0. The largest absolute Gasteiger partial charge is 0.303 e. The summed E-state index contributed by atoms with van der Waals surface area (Å²) < 4.78 is 0. The molecule has 1 nitrogen and oxygen atoms in total. The highest BCUT2D eigenvalue weighted by molar-refractivity contribution is 4.70. The third kappa shape index (κ3) is 3.88. The van der Waals surface area contributed by atoms with Crippen LogP contribution in [0.1, 0.15) is 6.42 Å². The fraction of sp³-hybridized carbons (Fsp3) is 0.571. The lowest BCUT2D eigenvalue weighted by atomic mass is 10.4. The summed E-state index contributed by atoms with van der Waals surface area (Å²) in [6.45, 7) is 9.38. The summed E-state index contributed by atoms with van der Waals surface area (Å²) in [5.74, 6) is 0. The van der Waals surface area contributed by atoms with Crippen molar-refractivity contribution in [2.45, 2.75) is 6.42 Å².